The van der Waals surface area contributed by atoms with Crippen molar-refractivity contribution < 1.29 is 24.6 Å². The van der Waals surface area contributed by atoms with E-state index in [0.29, 0.717) is 0 Å². The van der Waals surface area contributed by atoms with E-state index >= 15 is 0 Å². The first-order valence-electron chi connectivity index (χ1n) is 4.02. The molecule has 1 unspecified atom stereocenters. The van der Waals surface area contributed by atoms with Gasteiger partial charge in [0.05, 0.1) is 6.42 Å². The molecule has 0 aliphatic rings. The summed E-state index contributed by atoms with van der Waals surface area (Å²) in [5.74, 6) is -2.70. The smallest absolute Gasteiger partial charge is 0.330 e. The van der Waals surface area contributed by atoms with Crippen molar-refractivity contribution in [3.63, 3.8) is 0 Å². The molecule has 1 atom stereocenters. The number of carboxylic acid groups (broad SMARTS) is 2. The van der Waals surface area contributed by atoms with Crippen molar-refractivity contribution in [2.24, 2.45) is 0 Å². The molecular weight excluding hydrogens is 206 g/mol. The van der Waals surface area contributed by atoms with Gasteiger partial charge in [-0.25, -0.2) is 14.6 Å². The van der Waals surface area contributed by atoms with E-state index in [1.165, 1.54) is 19.1 Å². The zero-order valence-electron chi connectivity index (χ0n) is 8.35. The minimum Gasteiger partial charge on any atom is -0.481 e. The number of rotatable bonds is 5. The Bertz CT molecular complexity index is 265. The summed E-state index contributed by atoms with van der Waals surface area (Å²) in [6.45, 7) is 0. The van der Waals surface area contributed by atoms with Crippen LogP contribution >= 0.6 is 0 Å². The number of carbonyl (C=O) groups is 3. The van der Waals surface area contributed by atoms with E-state index in [2.05, 4.69) is 5.43 Å². The normalized spacial score (nSPS) is 11.9. The first-order valence-corrected chi connectivity index (χ1v) is 4.02. The first-order chi connectivity index (χ1) is 6.82. The maximum atomic E-state index is 11.0. The monoisotopic (exact) mass is 219 g/mol. The Balaban J connectivity index is 4.22. The van der Waals surface area contributed by atoms with Crippen LogP contribution < -0.4 is 10.7 Å². The van der Waals surface area contributed by atoms with Gasteiger partial charge in [-0.2, -0.15) is 0 Å². The highest BCUT2D eigenvalue weighted by Crippen LogP contribution is 1.92. The van der Waals surface area contributed by atoms with Gasteiger partial charge in [0.15, 0.2) is 0 Å². The molecule has 0 spiro atoms. The molecular formula is C7H13N3O5. The summed E-state index contributed by atoms with van der Waals surface area (Å²) in [5.41, 5.74) is 2.23. The SMILES string of the molecule is CN(C)NC(=O)NC(CC(=O)O)C(=O)O. The second-order valence-corrected chi connectivity index (χ2v) is 2.97. The molecule has 8 heteroatoms. The summed E-state index contributed by atoms with van der Waals surface area (Å²) < 4.78 is 0. The van der Waals surface area contributed by atoms with Crippen LogP contribution in [-0.4, -0.2) is 53.3 Å². The number of urea groups is 1. The van der Waals surface area contributed by atoms with Gasteiger partial charge in [0.2, 0.25) is 0 Å². The topological polar surface area (TPSA) is 119 Å². The predicted molar refractivity (Wildman–Crippen MR) is 49.0 cm³/mol. The van der Waals surface area contributed by atoms with Crippen LogP contribution in [0.1, 0.15) is 6.42 Å². The van der Waals surface area contributed by atoms with Crippen LogP contribution in [0.4, 0.5) is 4.79 Å². The summed E-state index contributed by atoms with van der Waals surface area (Å²) in [6, 6.07) is -2.21. The summed E-state index contributed by atoms with van der Waals surface area (Å²) >= 11 is 0. The number of hydrazine groups is 1. The van der Waals surface area contributed by atoms with E-state index in [0.717, 1.165) is 0 Å². The van der Waals surface area contributed by atoms with Crippen molar-refractivity contribution in [1.82, 2.24) is 15.8 Å². The molecule has 0 radical (unpaired) electrons. The molecule has 0 bridgehead atoms. The Labute approximate surface area is 85.8 Å². The second kappa shape index (κ2) is 5.81. The summed E-state index contributed by atoms with van der Waals surface area (Å²) in [7, 11) is 3.07. The Kier molecular flexibility index (Phi) is 5.10. The third-order valence-corrected chi connectivity index (χ3v) is 1.31. The molecule has 0 aliphatic carbocycles. The summed E-state index contributed by atoms with van der Waals surface area (Å²) in [4.78, 5) is 31.8. The van der Waals surface area contributed by atoms with Crippen molar-refractivity contribution in [3.8, 4) is 0 Å². The Morgan fingerprint density at radius 2 is 1.80 bits per heavy atom. The lowest BCUT2D eigenvalue weighted by molar-refractivity contribution is -0.145. The van der Waals surface area contributed by atoms with Crippen LogP contribution in [-0.2, 0) is 9.59 Å². The Hall–Kier alpha value is -1.83. The fourth-order valence-electron chi connectivity index (χ4n) is 0.768. The number of hydrogen-bond acceptors (Lipinski definition) is 4. The number of amides is 2. The molecule has 0 rings (SSSR count). The van der Waals surface area contributed by atoms with Gasteiger partial charge in [-0.3, -0.25) is 10.2 Å². The van der Waals surface area contributed by atoms with Crippen LogP contribution in [0.5, 0.6) is 0 Å². The van der Waals surface area contributed by atoms with Crippen molar-refractivity contribution in [1.29, 1.82) is 0 Å². The van der Waals surface area contributed by atoms with Crippen molar-refractivity contribution >= 4 is 18.0 Å². The number of aliphatic carboxylic acids is 2. The number of carboxylic acids is 2. The second-order valence-electron chi connectivity index (χ2n) is 2.97. The minimum atomic E-state index is -1.44. The average Bonchev–Trinajstić information content (AvgIpc) is 1.99. The maximum absolute atomic E-state index is 11.0. The lowest BCUT2D eigenvalue weighted by Crippen LogP contribution is -2.50. The first kappa shape index (κ1) is 13.2. The Morgan fingerprint density at radius 3 is 2.13 bits per heavy atom. The zero-order valence-corrected chi connectivity index (χ0v) is 8.35. The van der Waals surface area contributed by atoms with E-state index < -0.39 is 30.4 Å². The highest BCUT2D eigenvalue weighted by atomic mass is 16.4. The molecule has 0 saturated heterocycles. The van der Waals surface area contributed by atoms with E-state index in [1.807, 2.05) is 5.32 Å². The maximum Gasteiger partial charge on any atom is 0.330 e. The molecule has 86 valence electrons. The molecule has 0 aliphatic heterocycles. The molecule has 0 fully saturated rings. The quantitative estimate of drug-likeness (QED) is 0.426. The lowest BCUT2D eigenvalue weighted by Gasteiger charge is -2.16. The Morgan fingerprint density at radius 1 is 1.27 bits per heavy atom. The summed E-state index contributed by atoms with van der Waals surface area (Å²) in [6.07, 6.45) is -0.670. The van der Waals surface area contributed by atoms with E-state index in [-0.39, 0.29) is 0 Å². The van der Waals surface area contributed by atoms with Gasteiger partial charge < -0.3 is 15.5 Å². The van der Waals surface area contributed by atoms with Crippen LogP contribution in [0.25, 0.3) is 0 Å². The number of hydrogen-bond donors (Lipinski definition) is 4. The predicted octanol–water partition coefficient (Wildman–Crippen LogP) is -1.31. The molecule has 2 amide bonds. The van der Waals surface area contributed by atoms with Crippen molar-refractivity contribution in [3.05, 3.63) is 0 Å². The molecule has 0 heterocycles. The van der Waals surface area contributed by atoms with Crippen LogP contribution in [0.3, 0.4) is 0 Å². The van der Waals surface area contributed by atoms with Gasteiger partial charge in [0.1, 0.15) is 6.04 Å². The highest BCUT2D eigenvalue weighted by molar-refractivity contribution is 5.85. The summed E-state index contributed by atoms with van der Waals surface area (Å²) in [5, 5.41) is 20.3. The van der Waals surface area contributed by atoms with E-state index in [1.54, 1.807) is 0 Å². The lowest BCUT2D eigenvalue weighted by atomic mass is 10.2. The van der Waals surface area contributed by atoms with Gasteiger partial charge in [0.25, 0.3) is 0 Å². The molecule has 0 aromatic heterocycles. The largest absolute Gasteiger partial charge is 0.481 e. The van der Waals surface area contributed by atoms with Crippen LogP contribution in [0.15, 0.2) is 0 Å². The van der Waals surface area contributed by atoms with Gasteiger partial charge >= 0.3 is 18.0 Å². The molecule has 15 heavy (non-hydrogen) atoms. The van der Waals surface area contributed by atoms with E-state index in [9.17, 15) is 14.4 Å². The highest BCUT2D eigenvalue weighted by Gasteiger charge is 2.22. The standard InChI is InChI=1S/C7H13N3O5/c1-10(2)9-7(15)8-4(6(13)14)3-5(11)12/h4H,3H2,1-2H3,(H,11,12)(H,13,14)(H2,8,9,15). The van der Waals surface area contributed by atoms with Gasteiger partial charge in [-0.1, -0.05) is 0 Å². The number of nitrogens with one attached hydrogen (secondary N) is 2. The fraction of sp³-hybridized carbons (Fsp3) is 0.571. The van der Waals surface area contributed by atoms with E-state index in [4.69, 9.17) is 10.2 Å². The molecule has 0 aromatic carbocycles. The molecule has 8 nitrogen and oxygen atoms in total. The fourth-order valence-corrected chi connectivity index (χ4v) is 0.768. The molecule has 4 N–H and O–H groups in total. The minimum absolute atomic E-state index is 0.670. The van der Waals surface area contributed by atoms with Crippen LogP contribution in [0.2, 0.25) is 0 Å². The third-order valence-electron chi connectivity index (χ3n) is 1.31. The van der Waals surface area contributed by atoms with Crippen LogP contribution in [0, 0.1) is 0 Å². The van der Waals surface area contributed by atoms with Gasteiger partial charge in [-0.15, -0.1) is 0 Å². The van der Waals surface area contributed by atoms with Crippen molar-refractivity contribution in [2.45, 2.75) is 12.5 Å². The zero-order chi connectivity index (χ0) is 12.0. The third kappa shape index (κ3) is 6.27. The average molecular weight is 219 g/mol. The van der Waals surface area contributed by atoms with Gasteiger partial charge in [0, 0.05) is 14.1 Å². The molecule has 0 saturated carbocycles. The van der Waals surface area contributed by atoms with Crippen molar-refractivity contribution in [2.75, 3.05) is 14.1 Å². The van der Waals surface area contributed by atoms with Gasteiger partial charge in [-0.05, 0) is 0 Å². The number of carbonyl (C=O) groups excluding carboxylic acids is 1. The number of nitrogens with zero attached hydrogens (tertiary/aromatic N) is 1. The molecule has 0 aromatic rings.